The normalized spacial score (nSPS) is 10.1. The number of primary amides is 1. The summed E-state index contributed by atoms with van der Waals surface area (Å²) in [5.41, 5.74) is 7.99. The second-order valence-corrected chi connectivity index (χ2v) is 4.05. The van der Waals surface area contributed by atoms with E-state index < -0.39 is 0 Å². The van der Waals surface area contributed by atoms with Gasteiger partial charge in [-0.1, -0.05) is 30.3 Å². The number of rotatable bonds is 4. The Kier molecular flexibility index (Phi) is 3.63. The molecule has 2 aromatic carbocycles. The van der Waals surface area contributed by atoms with E-state index in [2.05, 4.69) is 0 Å². The van der Waals surface area contributed by atoms with Crippen molar-refractivity contribution in [1.82, 2.24) is 0 Å². The molecule has 0 aliphatic heterocycles. The summed E-state index contributed by atoms with van der Waals surface area (Å²) in [5, 5.41) is 0. The van der Waals surface area contributed by atoms with Crippen LogP contribution in [0.25, 0.3) is 0 Å². The van der Waals surface area contributed by atoms with Gasteiger partial charge in [0.15, 0.2) is 0 Å². The van der Waals surface area contributed by atoms with E-state index >= 15 is 0 Å². The summed E-state index contributed by atoms with van der Waals surface area (Å²) in [4.78, 5) is 11.3. The van der Waals surface area contributed by atoms with Crippen LogP contribution >= 0.6 is 0 Å². The van der Waals surface area contributed by atoms with Gasteiger partial charge in [-0.05, 0) is 35.7 Å². The van der Waals surface area contributed by atoms with E-state index in [-0.39, 0.29) is 5.91 Å². The topological polar surface area (TPSA) is 52.3 Å². The Hall–Kier alpha value is -2.29. The van der Waals surface area contributed by atoms with Gasteiger partial charge in [0.1, 0.15) is 5.75 Å². The molecular formula is C15H15NO2. The molecule has 0 radical (unpaired) electrons. The number of hydrogen-bond donors (Lipinski definition) is 1. The van der Waals surface area contributed by atoms with Crippen LogP contribution in [-0.2, 0) is 6.42 Å². The zero-order valence-corrected chi connectivity index (χ0v) is 10.2. The third-order valence-electron chi connectivity index (χ3n) is 2.84. The molecule has 0 heterocycles. The van der Waals surface area contributed by atoms with Crippen LogP contribution in [0.1, 0.15) is 21.5 Å². The molecule has 2 N–H and O–H groups in total. The van der Waals surface area contributed by atoms with E-state index in [0.29, 0.717) is 12.0 Å². The first-order valence-electron chi connectivity index (χ1n) is 5.71. The maximum absolute atomic E-state index is 11.3. The van der Waals surface area contributed by atoms with Gasteiger partial charge in [0.05, 0.1) is 7.11 Å². The fourth-order valence-corrected chi connectivity index (χ4v) is 1.88. The number of methoxy groups -OCH3 is 1. The number of hydrogen-bond acceptors (Lipinski definition) is 2. The van der Waals surface area contributed by atoms with E-state index in [0.717, 1.165) is 16.9 Å². The van der Waals surface area contributed by atoms with Crippen molar-refractivity contribution in [2.24, 2.45) is 5.73 Å². The minimum absolute atomic E-state index is 0.390. The summed E-state index contributed by atoms with van der Waals surface area (Å²) in [6.45, 7) is 0. The van der Waals surface area contributed by atoms with Gasteiger partial charge in [-0.2, -0.15) is 0 Å². The van der Waals surface area contributed by atoms with Crippen LogP contribution in [0.2, 0.25) is 0 Å². The van der Waals surface area contributed by atoms with Crippen molar-refractivity contribution < 1.29 is 9.53 Å². The van der Waals surface area contributed by atoms with Gasteiger partial charge < -0.3 is 10.5 Å². The molecule has 92 valence electrons. The highest BCUT2D eigenvalue weighted by Gasteiger charge is 2.07. The van der Waals surface area contributed by atoms with Crippen LogP contribution in [0.4, 0.5) is 0 Å². The van der Waals surface area contributed by atoms with Crippen molar-refractivity contribution in [2.45, 2.75) is 6.42 Å². The summed E-state index contributed by atoms with van der Waals surface area (Å²) >= 11 is 0. The Labute approximate surface area is 106 Å². The van der Waals surface area contributed by atoms with Gasteiger partial charge in [-0.15, -0.1) is 0 Å². The Morgan fingerprint density at radius 1 is 1.11 bits per heavy atom. The molecule has 0 aliphatic rings. The predicted molar refractivity (Wildman–Crippen MR) is 70.8 cm³/mol. The fraction of sp³-hybridized carbons (Fsp3) is 0.133. The van der Waals surface area contributed by atoms with Crippen LogP contribution in [0.5, 0.6) is 5.75 Å². The van der Waals surface area contributed by atoms with E-state index in [1.807, 2.05) is 42.5 Å². The first-order valence-corrected chi connectivity index (χ1v) is 5.71. The third-order valence-corrected chi connectivity index (χ3v) is 2.84. The molecule has 1 amide bonds. The zero-order valence-electron chi connectivity index (χ0n) is 10.2. The van der Waals surface area contributed by atoms with Crippen LogP contribution in [-0.4, -0.2) is 13.0 Å². The average Bonchev–Trinajstić information content (AvgIpc) is 2.40. The molecule has 0 spiro atoms. The summed E-state index contributed by atoms with van der Waals surface area (Å²) in [6, 6.07) is 15.2. The molecule has 2 rings (SSSR count). The maximum atomic E-state index is 11.3. The Balaban J connectivity index is 2.25. The molecular weight excluding hydrogens is 226 g/mol. The van der Waals surface area contributed by atoms with Crippen LogP contribution in [0.3, 0.4) is 0 Å². The minimum atomic E-state index is -0.390. The molecule has 2 aromatic rings. The molecule has 3 nitrogen and oxygen atoms in total. The first kappa shape index (κ1) is 12.2. The monoisotopic (exact) mass is 241 g/mol. The smallest absolute Gasteiger partial charge is 0.248 e. The molecule has 0 aromatic heterocycles. The first-order chi connectivity index (χ1) is 8.70. The van der Waals surface area contributed by atoms with E-state index in [4.69, 9.17) is 10.5 Å². The number of benzene rings is 2. The molecule has 3 heteroatoms. The second-order valence-electron chi connectivity index (χ2n) is 4.05. The van der Waals surface area contributed by atoms with E-state index in [1.165, 1.54) is 0 Å². The van der Waals surface area contributed by atoms with Crippen molar-refractivity contribution in [2.75, 3.05) is 7.11 Å². The number of nitrogens with two attached hydrogens (primary N) is 1. The highest BCUT2D eigenvalue weighted by atomic mass is 16.5. The average molecular weight is 241 g/mol. The SMILES string of the molecule is COc1ccc(Cc2ccccc2C(N)=O)cc1. The number of amides is 1. The van der Waals surface area contributed by atoms with Gasteiger partial charge >= 0.3 is 0 Å². The van der Waals surface area contributed by atoms with Crippen molar-refractivity contribution >= 4 is 5.91 Å². The molecule has 0 saturated heterocycles. The zero-order chi connectivity index (χ0) is 13.0. The molecule has 0 unspecified atom stereocenters. The lowest BCUT2D eigenvalue weighted by molar-refractivity contribution is 0.0999. The quantitative estimate of drug-likeness (QED) is 0.893. The lowest BCUT2D eigenvalue weighted by Gasteiger charge is -2.07. The highest BCUT2D eigenvalue weighted by Crippen LogP contribution is 2.17. The molecule has 18 heavy (non-hydrogen) atoms. The van der Waals surface area contributed by atoms with E-state index in [9.17, 15) is 4.79 Å². The molecule has 0 saturated carbocycles. The molecule has 0 aliphatic carbocycles. The summed E-state index contributed by atoms with van der Waals surface area (Å²) in [5.74, 6) is 0.432. The van der Waals surface area contributed by atoms with Crippen molar-refractivity contribution in [3.05, 3.63) is 65.2 Å². The van der Waals surface area contributed by atoms with Crippen LogP contribution in [0.15, 0.2) is 48.5 Å². The van der Waals surface area contributed by atoms with Gasteiger partial charge in [-0.3, -0.25) is 4.79 Å². The van der Waals surface area contributed by atoms with Gasteiger partial charge in [0.2, 0.25) is 5.91 Å². The predicted octanol–water partition coefficient (Wildman–Crippen LogP) is 2.38. The highest BCUT2D eigenvalue weighted by molar-refractivity contribution is 5.94. The minimum Gasteiger partial charge on any atom is -0.497 e. The lowest BCUT2D eigenvalue weighted by Crippen LogP contribution is -2.13. The number of ether oxygens (including phenoxy) is 1. The second kappa shape index (κ2) is 5.36. The van der Waals surface area contributed by atoms with Crippen LogP contribution in [0, 0.1) is 0 Å². The standard InChI is InChI=1S/C15H15NO2/c1-18-13-8-6-11(7-9-13)10-12-4-2-3-5-14(12)15(16)17/h2-9H,10H2,1H3,(H2,16,17). The largest absolute Gasteiger partial charge is 0.497 e. The van der Waals surface area contributed by atoms with E-state index in [1.54, 1.807) is 13.2 Å². The molecule has 0 fully saturated rings. The summed E-state index contributed by atoms with van der Waals surface area (Å²) < 4.78 is 5.11. The third kappa shape index (κ3) is 2.69. The number of carbonyl (C=O) groups is 1. The summed E-state index contributed by atoms with van der Waals surface area (Å²) in [7, 11) is 1.64. The molecule has 0 bridgehead atoms. The molecule has 0 atom stereocenters. The lowest BCUT2D eigenvalue weighted by atomic mass is 9.99. The van der Waals surface area contributed by atoms with Crippen molar-refractivity contribution in [1.29, 1.82) is 0 Å². The Bertz CT molecular complexity index is 547. The van der Waals surface area contributed by atoms with Gasteiger partial charge in [0, 0.05) is 5.56 Å². The fourth-order valence-electron chi connectivity index (χ4n) is 1.88. The van der Waals surface area contributed by atoms with Crippen molar-refractivity contribution in [3.8, 4) is 5.75 Å². The van der Waals surface area contributed by atoms with Crippen molar-refractivity contribution in [3.63, 3.8) is 0 Å². The summed E-state index contributed by atoms with van der Waals surface area (Å²) in [6.07, 6.45) is 0.684. The number of carbonyl (C=O) groups excluding carboxylic acids is 1. The Morgan fingerprint density at radius 2 is 1.78 bits per heavy atom. The Morgan fingerprint density at radius 3 is 2.39 bits per heavy atom. The van der Waals surface area contributed by atoms with Crippen LogP contribution < -0.4 is 10.5 Å². The van der Waals surface area contributed by atoms with Gasteiger partial charge in [0.25, 0.3) is 0 Å². The maximum Gasteiger partial charge on any atom is 0.248 e. The van der Waals surface area contributed by atoms with Gasteiger partial charge in [-0.25, -0.2) is 0 Å².